The van der Waals surface area contributed by atoms with Crippen molar-refractivity contribution < 1.29 is 5.11 Å². The van der Waals surface area contributed by atoms with E-state index in [2.05, 4.69) is 10.3 Å². The largest absolute Gasteiger partial charge is 0.391 e. The van der Waals surface area contributed by atoms with E-state index in [4.69, 9.17) is 5.26 Å². The Bertz CT molecular complexity index is 389. The first-order chi connectivity index (χ1) is 7.22. The predicted octanol–water partition coefficient (Wildman–Crippen LogP) is 0.423. The summed E-state index contributed by atoms with van der Waals surface area (Å²) in [6, 6.07) is 2.05. The van der Waals surface area contributed by atoms with Crippen molar-refractivity contribution in [2.75, 3.05) is 0 Å². The minimum atomic E-state index is -0.319. The van der Waals surface area contributed by atoms with Gasteiger partial charge in [-0.25, -0.2) is 4.68 Å². The third-order valence-corrected chi connectivity index (χ3v) is 2.85. The Kier molecular flexibility index (Phi) is 2.69. The van der Waals surface area contributed by atoms with Crippen LogP contribution in [0.2, 0.25) is 0 Å². The molecular formula is C10H14N4O. The maximum atomic E-state index is 9.75. The molecule has 1 aromatic rings. The van der Waals surface area contributed by atoms with Crippen molar-refractivity contribution >= 4 is 0 Å². The van der Waals surface area contributed by atoms with Gasteiger partial charge in [0.05, 0.1) is 36.5 Å². The predicted molar refractivity (Wildman–Crippen MR) is 52.8 cm³/mol. The highest BCUT2D eigenvalue weighted by molar-refractivity contribution is 5.12. The summed E-state index contributed by atoms with van der Waals surface area (Å²) in [5, 5.41) is 26.2. The summed E-state index contributed by atoms with van der Waals surface area (Å²) in [6.45, 7) is 2.38. The molecule has 80 valence electrons. The van der Waals surface area contributed by atoms with Crippen molar-refractivity contribution in [2.45, 2.75) is 38.8 Å². The van der Waals surface area contributed by atoms with Gasteiger partial charge in [0.1, 0.15) is 0 Å². The zero-order valence-corrected chi connectivity index (χ0v) is 8.72. The summed E-state index contributed by atoms with van der Waals surface area (Å²) in [5.74, 6) is 0.438. The zero-order chi connectivity index (χ0) is 10.8. The molecule has 1 aliphatic rings. The summed E-state index contributed by atoms with van der Waals surface area (Å²) in [4.78, 5) is 0. The van der Waals surface area contributed by atoms with Crippen LogP contribution in [0, 0.1) is 24.2 Å². The van der Waals surface area contributed by atoms with Crippen LogP contribution in [-0.4, -0.2) is 26.2 Å². The van der Waals surface area contributed by atoms with Gasteiger partial charge in [-0.2, -0.15) is 5.26 Å². The van der Waals surface area contributed by atoms with Gasteiger partial charge in [0.15, 0.2) is 0 Å². The second-order valence-electron chi connectivity index (χ2n) is 4.04. The SMILES string of the molecule is Cc1c(CC#N)nnn1CC(O)C1CC1. The molecule has 0 radical (unpaired) electrons. The standard InChI is InChI=1S/C10H14N4O/c1-7-9(4-5-11)12-13-14(7)6-10(15)8-2-3-8/h8,10,15H,2-4,6H2,1H3. The summed E-state index contributed by atoms with van der Waals surface area (Å²) in [5.41, 5.74) is 1.59. The summed E-state index contributed by atoms with van der Waals surface area (Å²) < 4.78 is 1.69. The second kappa shape index (κ2) is 3.99. The molecule has 0 saturated heterocycles. The Hall–Kier alpha value is -1.41. The van der Waals surface area contributed by atoms with Gasteiger partial charge in [-0.3, -0.25) is 0 Å². The van der Waals surface area contributed by atoms with E-state index in [0.29, 0.717) is 18.2 Å². The molecule has 0 aliphatic heterocycles. The van der Waals surface area contributed by atoms with Gasteiger partial charge in [-0.15, -0.1) is 5.10 Å². The Morgan fingerprint density at radius 1 is 1.67 bits per heavy atom. The maximum Gasteiger partial charge on any atom is 0.0996 e. The van der Waals surface area contributed by atoms with Gasteiger partial charge in [0.2, 0.25) is 0 Å². The van der Waals surface area contributed by atoms with Gasteiger partial charge in [-0.1, -0.05) is 5.21 Å². The second-order valence-corrected chi connectivity index (χ2v) is 4.04. The topological polar surface area (TPSA) is 74.7 Å². The van der Waals surface area contributed by atoms with Gasteiger partial charge >= 0.3 is 0 Å². The smallest absolute Gasteiger partial charge is 0.0996 e. The Labute approximate surface area is 88.3 Å². The van der Waals surface area contributed by atoms with Crippen LogP contribution in [0.3, 0.4) is 0 Å². The highest BCUT2D eigenvalue weighted by Crippen LogP contribution is 2.33. The Morgan fingerprint density at radius 2 is 2.40 bits per heavy atom. The number of nitriles is 1. The number of aliphatic hydroxyl groups excluding tert-OH is 1. The summed E-state index contributed by atoms with van der Waals surface area (Å²) in [6.07, 6.45) is 2.19. The van der Waals surface area contributed by atoms with Crippen molar-refractivity contribution in [1.82, 2.24) is 15.0 Å². The summed E-state index contributed by atoms with van der Waals surface area (Å²) in [7, 11) is 0. The van der Waals surface area contributed by atoms with Crippen LogP contribution in [0.1, 0.15) is 24.2 Å². The Morgan fingerprint density at radius 3 is 3.00 bits per heavy atom. The van der Waals surface area contributed by atoms with E-state index in [9.17, 15) is 5.11 Å². The van der Waals surface area contributed by atoms with E-state index in [1.165, 1.54) is 0 Å². The molecule has 15 heavy (non-hydrogen) atoms. The third-order valence-electron chi connectivity index (χ3n) is 2.85. The van der Waals surface area contributed by atoms with Crippen molar-refractivity contribution in [2.24, 2.45) is 5.92 Å². The summed E-state index contributed by atoms with van der Waals surface area (Å²) >= 11 is 0. The van der Waals surface area contributed by atoms with Gasteiger partial charge < -0.3 is 5.11 Å². The fourth-order valence-corrected chi connectivity index (χ4v) is 1.62. The number of hydrogen-bond acceptors (Lipinski definition) is 4. The molecule has 1 saturated carbocycles. The molecule has 1 fully saturated rings. The molecule has 0 amide bonds. The lowest BCUT2D eigenvalue weighted by molar-refractivity contribution is 0.125. The molecule has 0 bridgehead atoms. The van der Waals surface area contributed by atoms with Gasteiger partial charge in [-0.05, 0) is 25.7 Å². The molecule has 1 N–H and O–H groups in total. The first-order valence-corrected chi connectivity index (χ1v) is 5.16. The highest BCUT2D eigenvalue weighted by atomic mass is 16.3. The molecule has 0 spiro atoms. The van der Waals surface area contributed by atoms with E-state index in [-0.39, 0.29) is 12.5 Å². The third kappa shape index (κ3) is 2.16. The van der Waals surface area contributed by atoms with Crippen LogP contribution in [0.15, 0.2) is 0 Å². The molecule has 1 aliphatic carbocycles. The van der Waals surface area contributed by atoms with E-state index in [0.717, 1.165) is 18.5 Å². The minimum absolute atomic E-state index is 0.283. The normalized spacial score (nSPS) is 17.4. The van der Waals surface area contributed by atoms with E-state index < -0.39 is 0 Å². The number of nitrogens with zero attached hydrogens (tertiary/aromatic N) is 4. The molecule has 2 rings (SSSR count). The number of rotatable bonds is 4. The molecule has 1 unspecified atom stereocenters. The molecule has 1 aromatic heterocycles. The number of hydrogen-bond donors (Lipinski definition) is 1. The molecule has 1 heterocycles. The van der Waals surface area contributed by atoms with Crippen molar-refractivity contribution in [1.29, 1.82) is 5.26 Å². The number of aromatic nitrogens is 3. The van der Waals surface area contributed by atoms with E-state index >= 15 is 0 Å². The first kappa shape index (κ1) is 10.1. The number of aliphatic hydroxyl groups is 1. The fraction of sp³-hybridized carbons (Fsp3) is 0.700. The monoisotopic (exact) mass is 206 g/mol. The molecule has 1 atom stereocenters. The van der Waals surface area contributed by atoms with E-state index in [1.807, 2.05) is 13.0 Å². The fourth-order valence-electron chi connectivity index (χ4n) is 1.62. The van der Waals surface area contributed by atoms with Gasteiger partial charge in [0, 0.05) is 0 Å². The van der Waals surface area contributed by atoms with Gasteiger partial charge in [0.25, 0.3) is 0 Å². The van der Waals surface area contributed by atoms with Crippen LogP contribution in [0.4, 0.5) is 0 Å². The zero-order valence-electron chi connectivity index (χ0n) is 8.72. The van der Waals surface area contributed by atoms with Crippen molar-refractivity contribution in [3.8, 4) is 6.07 Å². The maximum absolute atomic E-state index is 9.75. The molecule has 5 nitrogen and oxygen atoms in total. The quantitative estimate of drug-likeness (QED) is 0.774. The Balaban J connectivity index is 2.04. The van der Waals surface area contributed by atoms with Crippen LogP contribution in [0.5, 0.6) is 0 Å². The van der Waals surface area contributed by atoms with Crippen molar-refractivity contribution in [3.05, 3.63) is 11.4 Å². The molecule has 5 heteroatoms. The molecular weight excluding hydrogens is 192 g/mol. The first-order valence-electron chi connectivity index (χ1n) is 5.16. The van der Waals surface area contributed by atoms with Crippen LogP contribution in [0.25, 0.3) is 0 Å². The average Bonchev–Trinajstić information content (AvgIpc) is 3.00. The van der Waals surface area contributed by atoms with E-state index in [1.54, 1.807) is 4.68 Å². The van der Waals surface area contributed by atoms with Crippen molar-refractivity contribution in [3.63, 3.8) is 0 Å². The average molecular weight is 206 g/mol. The highest BCUT2D eigenvalue weighted by Gasteiger charge is 2.30. The van der Waals surface area contributed by atoms with Crippen LogP contribution < -0.4 is 0 Å². The lowest BCUT2D eigenvalue weighted by Crippen LogP contribution is -2.19. The van der Waals surface area contributed by atoms with Crippen LogP contribution >= 0.6 is 0 Å². The minimum Gasteiger partial charge on any atom is -0.391 e. The van der Waals surface area contributed by atoms with Crippen LogP contribution in [-0.2, 0) is 13.0 Å². The lowest BCUT2D eigenvalue weighted by atomic mass is 10.2. The molecule has 0 aromatic carbocycles. The lowest BCUT2D eigenvalue weighted by Gasteiger charge is -2.09.